The van der Waals surface area contributed by atoms with E-state index in [-0.39, 0.29) is 11.3 Å². The molecule has 2 aliphatic rings. The minimum atomic E-state index is -0.403. The molecule has 1 saturated carbocycles. The minimum Gasteiger partial charge on any atom is -0.497 e. The lowest BCUT2D eigenvalue weighted by molar-refractivity contribution is -0.133. The number of nitrogens with zero attached hydrogens (tertiary/aromatic N) is 1. The van der Waals surface area contributed by atoms with Gasteiger partial charge in [0.1, 0.15) is 5.75 Å². The lowest BCUT2D eigenvalue weighted by Gasteiger charge is -2.24. The van der Waals surface area contributed by atoms with Crippen molar-refractivity contribution in [3.8, 4) is 5.75 Å². The lowest BCUT2D eigenvalue weighted by Crippen LogP contribution is -2.38. The van der Waals surface area contributed by atoms with Crippen LogP contribution in [0.15, 0.2) is 48.5 Å². The maximum absolute atomic E-state index is 13.3. The number of carbonyl (C=O) groups excluding carboxylic acids is 2. The third-order valence-electron chi connectivity index (χ3n) is 6.11. The zero-order chi connectivity index (χ0) is 19.7. The van der Waals surface area contributed by atoms with Crippen LogP contribution in [0.25, 0.3) is 0 Å². The van der Waals surface area contributed by atoms with Gasteiger partial charge in [0.05, 0.1) is 12.5 Å². The number of likely N-dealkylation sites (tertiary alicyclic amines) is 1. The molecule has 4 rings (SSSR count). The Hall–Kier alpha value is -2.82. The van der Waals surface area contributed by atoms with Gasteiger partial charge in [-0.25, -0.2) is 0 Å². The molecule has 2 amide bonds. The normalized spacial score (nSPS) is 20.0. The van der Waals surface area contributed by atoms with E-state index in [1.807, 2.05) is 47.4 Å². The van der Waals surface area contributed by atoms with Crippen molar-refractivity contribution in [1.29, 1.82) is 0 Å². The molecule has 1 atom stereocenters. The van der Waals surface area contributed by atoms with Gasteiger partial charge in [0.25, 0.3) is 0 Å². The summed E-state index contributed by atoms with van der Waals surface area (Å²) in [6.45, 7) is 1.58. The van der Waals surface area contributed by atoms with E-state index in [4.69, 9.17) is 10.5 Å². The van der Waals surface area contributed by atoms with Gasteiger partial charge in [-0.05, 0) is 67.0 Å². The summed E-state index contributed by atoms with van der Waals surface area (Å²) < 4.78 is 5.23. The van der Waals surface area contributed by atoms with Crippen LogP contribution in [0.3, 0.4) is 0 Å². The molecule has 2 aromatic rings. The molecule has 1 aliphatic heterocycles. The molecular formula is C23H26N2O3. The number of amides is 2. The molecule has 28 heavy (non-hydrogen) atoms. The zero-order valence-corrected chi connectivity index (χ0v) is 16.2. The third-order valence-corrected chi connectivity index (χ3v) is 6.11. The monoisotopic (exact) mass is 378 g/mol. The summed E-state index contributed by atoms with van der Waals surface area (Å²) in [6.07, 6.45) is 3.69. The highest BCUT2D eigenvalue weighted by atomic mass is 16.5. The molecule has 146 valence electrons. The maximum atomic E-state index is 13.3. The van der Waals surface area contributed by atoms with E-state index in [1.54, 1.807) is 13.2 Å². The predicted octanol–water partition coefficient (Wildman–Crippen LogP) is 2.92. The number of primary amides is 1. The molecule has 0 radical (unpaired) electrons. The highest BCUT2D eigenvalue weighted by Gasteiger charge is 2.53. The molecule has 1 heterocycles. The number of hydrogen-bond acceptors (Lipinski definition) is 3. The number of benzene rings is 2. The number of methoxy groups -OCH3 is 1. The number of rotatable bonds is 6. The fraction of sp³-hybridized carbons (Fsp3) is 0.391. The van der Waals surface area contributed by atoms with Crippen LogP contribution in [0.1, 0.15) is 40.7 Å². The molecule has 1 aliphatic carbocycles. The van der Waals surface area contributed by atoms with Gasteiger partial charge in [0, 0.05) is 18.7 Å². The molecule has 0 bridgehead atoms. The molecule has 1 unspecified atom stereocenters. The molecule has 0 spiro atoms. The first-order valence-corrected chi connectivity index (χ1v) is 9.84. The van der Waals surface area contributed by atoms with Crippen LogP contribution in [0.2, 0.25) is 0 Å². The second-order valence-corrected chi connectivity index (χ2v) is 7.99. The van der Waals surface area contributed by atoms with E-state index in [2.05, 4.69) is 0 Å². The van der Waals surface area contributed by atoms with Crippen LogP contribution in [0.4, 0.5) is 0 Å². The standard InChI is InChI=1S/C23H26N2O3/c1-28-20-7-5-19(6-8-20)23(10-11-23)22(27)25-12-9-17(15-25)13-16-3-2-4-18(14-16)21(24)26/h2-8,14,17H,9-13,15H2,1H3,(H2,24,26). The minimum absolute atomic E-state index is 0.256. The van der Waals surface area contributed by atoms with E-state index in [9.17, 15) is 9.59 Å². The highest BCUT2D eigenvalue weighted by molar-refractivity contribution is 5.93. The summed E-state index contributed by atoms with van der Waals surface area (Å²) in [7, 11) is 1.65. The van der Waals surface area contributed by atoms with Gasteiger partial charge in [-0.2, -0.15) is 0 Å². The van der Waals surface area contributed by atoms with Crippen LogP contribution in [0.5, 0.6) is 5.75 Å². The predicted molar refractivity (Wildman–Crippen MR) is 107 cm³/mol. The Morgan fingerprint density at radius 3 is 2.57 bits per heavy atom. The summed E-state index contributed by atoms with van der Waals surface area (Å²) >= 11 is 0. The molecule has 1 saturated heterocycles. The summed E-state index contributed by atoms with van der Waals surface area (Å²) in [5.74, 6) is 1.08. The topological polar surface area (TPSA) is 72.6 Å². The Balaban J connectivity index is 1.41. The van der Waals surface area contributed by atoms with Gasteiger partial charge in [-0.15, -0.1) is 0 Å². The number of carbonyl (C=O) groups is 2. The van der Waals surface area contributed by atoms with Gasteiger partial charge < -0.3 is 15.4 Å². The first-order chi connectivity index (χ1) is 13.5. The quantitative estimate of drug-likeness (QED) is 0.840. The number of nitrogens with two attached hydrogens (primary N) is 1. The van der Waals surface area contributed by atoms with E-state index < -0.39 is 5.91 Å². The summed E-state index contributed by atoms with van der Waals surface area (Å²) in [6, 6.07) is 15.4. The third kappa shape index (κ3) is 3.49. The number of hydrogen-bond donors (Lipinski definition) is 1. The average Bonchev–Trinajstić information content (AvgIpc) is 3.40. The molecule has 2 aromatic carbocycles. The van der Waals surface area contributed by atoms with Crippen LogP contribution >= 0.6 is 0 Å². The lowest BCUT2D eigenvalue weighted by atomic mass is 9.94. The highest BCUT2D eigenvalue weighted by Crippen LogP contribution is 2.50. The fourth-order valence-corrected chi connectivity index (χ4v) is 4.33. The van der Waals surface area contributed by atoms with Gasteiger partial charge in [-0.1, -0.05) is 24.3 Å². The van der Waals surface area contributed by atoms with Crippen molar-refractivity contribution in [2.75, 3.05) is 20.2 Å². The Morgan fingerprint density at radius 2 is 1.93 bits per heavy atom. The van der Waals surface area contributed by atoms with Crippen LogP contribution < -0.4 is 10.5 Å². The van der Waals surface area contributed by atoms with E-state index >= 15 is 0 Å². The Bertz CT molecular complexity index is 887. The van der Waals surface area contributed by atoms with E-state index in [1.165, 1.54) is 0 Å². The van der Waals surface area contributed by atoms with Gasteiger partial charge in [0.15, 0.2) is 0 Å². The van der Waals surface area contributed by atoms with E-state index in [0.717, 1.165) is 55.6 Å². The van der Waals surface area contributed by atoms with Crippen molar-refractivity contribution in [1.82, 2.24) is 4.90 Å². The van der Waals surface area contributed by atoms with Gasteiger partial charge in [0.2, 0.25) is 11.8 Å². The molecule has 0 aromatic heterocycles. The van der Waals surface area contributed by atoms with Crippen molar-refractivity contribution in [3.63, 3.8) is 0 Å². The average molecular weight is 378 g/mol. The summed E-state index contributed by atoms with van der Waals surface area (Å²) in [5.41, 5.74) is 7.78. The van der Waals surface area contributed by atoms with Crippen molar-refractivity contribution in [3.05, 3.63) is 65.2 Å². The maximum Gasteiger partial charge on any atom is 0.248 e. The van der Waals surface area contributed by atoms with E-state index in [0.29, 0.717) is 11.5 Å². The Labute approximate surface area is 165 Å². The molecule has 2 fully saturated rings. The van der Waals surface area contributed by atoms with Crippen molar-refractivity contribution >= 4 is 11.8 Å². The Kier molecular flexibility index (Phi) is 4.84. The first kappa shape index (κ1) is 18.5. The molecule has 5 heteroatoms. The van der Waals surface area contributed by atoms with Crippen LogP contribution in [-0.2, 0) is 16.6 Å². The second-order valence-electron chi connectivity index (χ2n) is 7.99. The first-order valence-electron chi connectivity index (χ1n) is 9.84. The van der Waals surface area contributed by atoms with Crippen LogP contribution in [0, 0.1) is 5.92 Å². The zero-order valence-electron chi connectivity index (χ0n) is 16.2. The fourth-order valence-electron chi connectivity index (χ4n) is 4.33. The van der Waals surface area contributed by atoms with Gasteiger partial charge in [-0.3, -0.25) is 9.59 Å². The van der Waals surface area contributed by atoms with Crippen molar-refractivity contribution in [2.45, 2.75) is 31.1 Å². The largest absolute Gasteiger partial charge is 0.497 e. The molecule has 5 nitrogen and oxygen atoms in total. The second kappa shape index (κ2) is 7.30. The smallest absolute Gasteiger partial charge is 0.248 e. The van der Waals surface area contributed by atoms with Crippen molar-refractivity contribution in [2.24, 2.45) is 11.7 Å². The van der Waals surface area contributed by atoms with Crippen molar-refractivity contribution < 1.29 is 14.3 Å². The Morgan fingerprint density at radius 1 is 1.18 bits per heavy atom. The molecule has 2 N–H and O–H groups in total. The van der Waals surface area contributed by atoms with Crippen LogP contribution in [-0.4, -0.2) is 36.9 Å². The molecular weight excluding hydrogens is 352 g/mol. The summed E-state index contributed by atoms with van der Waals surface area (Å²) in [5, 5.41) is 0. The number of ether oxygens (including phenoxy) is 1. The van der Waals surface area contributed by atoms with Gasteiger partial charge >= 0.3 is 0 Å². The summed E-state index contributed by atoms with van der Waals surface area (Å²) in [4.78, 5) is 26.7. The SMILES string of the molecule is COc1ccc(C2(C(=O)N3CCC(Cc4cccc(C(N)=O)c4)C3)CC2)cc1.